The van der Waals surface area contributed by atoms with Gasteiger partial charge in [-0.25, -0.2) is 4.57 Å². The minimum absolute atomic E-state index is 0.0376. The van der Waals surface area contributed by atoms with Crippen LogP contribution in [-0.2, 0) is 27.9 Å². The Morgan fingerprint density at radius 1 is 0.525 bits per heavy atom. The fourth-order valence-corrected chi connectivity index (χ4v) is 7.05. The molecule has 3 unspecified atom stereocenters. The molecule has 9 nitrogen and oxygen atoms in total. The van der Waals surface area contributed by atoms with Crippen molar-refractivity contribution in [1.82, 2.24) is 0 Å². The van der Waals surface area contributed by atoms with Gasteiger partial charge in [0.05, 0.1) is 26.4 Å². The highest BCUT2D eigenvalue weighted by molar-refractivity contribution is 7.47. The Bertz CT molecular complexity index is 1100. The first-order chi connectivity index (χ1) is 28.8. The van der Waals surface area contributed by atoms with Crippen LogP contribution in [-0.4, -0.2) is 66.3 Å². The van der Waals surface area contributed by atoms with Gasteiger partial charge in [0.2, 0.25) is 0 Å². The molecule has 0 aromatic rings. The summed E-state index contributed by atoms with van der Waals surface area (Å²) in [6.07, 6.45) is 53.2. The number of carbonyl (C=O) groups is 1. The molecular weight excluding hydrogens is 764 g/mol. The summed E-state index contributed by atoms with van der Waals surface area (Å²) in [6.45, 7) is 3.43. The summed E-state index contributed by atoms with van der Waals surface area (Å²) in [5.41, 5.74) is 0. The summed E-state index contributed by atoms with van der Waals surface area (Å²) < 4.78 is 33.4. The molecule has 0 saturated heterocycles. The van der Waals surface area contributed by atoms with Gasteiger partial charge in [-0.1, -0.05) is 177 Å². The van der Waals surface area contributed by atoms with Crippen molar-refractivity contribution in [3.8, 4) is 0 Å². The molecule has 0 aliphatic carbocycles. The van der Waals surface area contributed by atoms with Gasteiger partial charge in [0, 0.05) is 13.0 Å². The van der Waals surface area contributed by atoms with Crippen LogP contribution in [0.25, 0.3) is 0 Å². The van der Waals surface area contributed by atoms with Crippen LogP contribution in [0.4, 0.5) is 0 Å². The molecule has 0 radical (unpaired) electrons. The maximum Gasteiger partial charge on any atom is 0.472 e. The van der Waals surface area contributed by atoms with E-state index >= 15 is 0 Å². The van der Waals surface area contributed by atoms with Crippen LogP contribution in [0.3, 0.4) is 0 Å². The molecule has 0 bridgehead atoms. The summed E-state index contributed by atoms with van der Waals surface area (Å²) >= 11 is 0. The van der Waals surface area contributed by atoms with E-state index in [-0.39, 0.29) is 19.6 Å². The lowest BCUT2D eigenvalue weighted by molar-refractivity contribution is -0.154. The van der Waals surface area contributed by atoms with Gasteiger partial charge >= 0.3 is 13.8 Å². The predicted octanol–water partition coefficient (Wildman–Crippen LogP) is 13.5. The SMILES string of the molecule is CCCC/C=C\C/C=C\CCCCCCCC(=O)OC(COCCCCCCCCCCC/C=C\C/C=C\C/C=C\CCCCCCC)COP(=O)(O)OCC(O)CO. The zero-order valence-corrected chi connectivity index (χ0v) is 38.6. The maximum atomic E-state index is 12.6. The Hall–Kier alpha value is -1.84. The number of aliphatic hydroxyl groups excluding tert-OH is 2. The third-order valence-electron chi connectivity index (χ3n) is 9.93. The number of carbonyl (C=O) groups excluding carboxylic acids is 1. The monoisotopic (exact) mass is 853 g/mol. The average Bonchev–Trinajstić information content (AvgIpc) is 3.23. The van der Waals surface area contributed by atoms with Crippen molar-refractivity contribution in [2.75, 3.05) is 33.0 Å². The van der Waals surface area contributed by atoms with E-state index in [1.807, 2.05) is 0 Å². The number of ether oxygens (including phenoxy) is 2. The minimum atomic E-state index is -4.53. The number of unbranched alkanes of at least 4 members (excludes halogenated alkanes) is 21. The van der Waals surface area contributed by atoms with Gasteiger partial charge in [0.15, 0.2) is 0 Å². The minimum Gasteiger partial charge on any atom is -0.457 e. The molecule has 0 aromatic carbocycles. The molecule has 0 heterocycles. The van der Waals surface area contributed by atoms with E-state index in [9.17, 15) is 19.4 Å². The molecule has 59 heavy (non-hydrogen) atoms. The molecule has 0 amide bonds. The Labute approximate surface area is 361 Å². The van der Waals surface area contributed by atoms with Crippen LogP contribution in [0.5, 0.6) is 0 Å². The maximum absolute atomic E-state index is 12.6. The summed E-state index contributed by atoms with van der Waals surface area (Å²) in [5, 5.41) is 18.4. The topological polar surface area (TPSA) is 132 Å². The van der Waals surface area contributed by atoms with Gasteiger partial charge in [-0.15, -0.1) is 0 Å². The van der Waals surface area contributed by atoms with Crippen molar-refractivity contribution in [2.45, 2.75) is 212 Å². The lowest BCUT2D eigenvalue weighted by Crippen LogP contribution is -2.29. The second-order valence-electron chi connectivity index (χ2n) is 15.8. The van der Waals surface area contributed by atoms with Gasteiger partial charge in [0.1, 0.15) is 12.2 Å². The summed E-state index contributed by atoms with van der Waals surface area (Å²) in [6, 6.07) is 0. The summed E-state index contributed by atoms with van der Waals surface area (Å²) in [5.74, 6) is -0.400. The van der Waals surface area contributed by atoms with Crippen LogP contribution >= 0.6 is 7.82 Å². The molecule has 0 fully saturated rings. The molecule has 3 N–H and O–H groups in total. The average molecular weight is 853 g/mol. The second kappa shape index (κ2) is 45.7. The quantitative estimate of drug-likeness (QED) is 0.0237. The van der Waals surface area contributed by atoms with Crippen molar-refractivity contribution in [3.05, 3.63) is 60.8 Å². The van der Waals surface area contributed by atoms with Crippen LogP contribution in [0.2, 0.25) is 0 Å². The van der Waals surface area contributed by atoms with Crippen LogP contribution in [0.15, 0.2) is 60.8 Å². The molecule has 344 valence electrons. The van der Waals surface area contributed by atoms with E-state index in [0.717, 1.165) is 83.5 Å². The van der Waals surface area contributed by atoms with Gasteiger partial charge in [-0.3, -0.25) is 13.8 Å². The van der Waals surface area contributed by atoms with Crippen LogP contribution in [0.1, 0.15) is 200 Å². The lowest BCUT2D eigenvalue weighted by atomic mass is 10.1. The van der Waals surface area contributed by atoms with Gasteiger partial charge in [-0.05, 0) is 77.0 Å². The summed E-state index contributed by atoms with van der Waals surface area (Å²) in [7, 11) is -4.53. The van der Waals surface area contributed by atoms with Crippen molar-refractivity contribution < 1.29 is 43.0 Å². The highest BCUT2D eigenvalue weighted by Gasteiger charge is 2.26. The Balaban J connectivity index is 4.11. The Morgan fingerprint density at radius 3 is 1.42 bits per heavy atom. The molecule has 0 saturated carbocycles. The van der Waals surface area contributed by atoms with Gasteiger partial charge in [0.25, 0.3) is 0 Å². The fourth-order valence-electron chi connectivity index (χ4n) is 6.26. The van der Waals surface area contributed by atoms with Crippen molar-refractivity contribution in [2.24, 2.45) is 0 Å². The number of phosphoric acid groups is 1. The van der Waals surface area contributed by atoms with Crippen molar-refractivity contribution in [1.29, 1.82) is 0 Å². The van der Waals surface area contributed by atoms with E-state index in [2.05, 4.69) is 74.6 Å². The van der Waals surface area contributed by atoms with E-state index in [1.54, 1.807) is 0 Å². The molecule has 0 aliphatic rings. The van der Waals surface area contributed by atoms with Gasteiger partial charge in [-0.2, -0.15) is 0 Å². The van der Waals surface area contributed by atoms with E-state index < -0.39 is 39.2 Å². The van der Waals surface area contributed by atoms with E-state index in [4.69, 9.17) is 23.6 Å². The second-order valence-corrected chi connectivity index (χ2v) is 17.2. The zero-order valence-electron chi connectivity index (χ0n) is 37.7. The number of hydrogen-bond acceptors (Lipinski definition) is 8. The van der Waals surface area contributed by atoms with Crippen molar-refractivity contribution >= 4 is 13.8 Å². The Morgan fingerprint density at radius 2 is 0.932 bits per heavy atom. The highest BCUT2D eigenvalue weighted by atomic mass is 31.2. The molecule has 10 heteroatoms. The van der Waals surface area contributed by atoms with E-state index in [0.29, 0.717) is 13.0 Å². The number of hydrogen-bond donors (Lipinski definition) is 3. The number of aliphatic hydroxyl groups is 2. The predicted molar refractivity (Wildman–Crippen MR) is 246 cm³/mol. The van der Waals surface area contributed by atoms with E-state index in [1.165, 1.54) is 89.9 Å². The van der Waals surface area contributed by atoms with Crippen LogP contribution in [0, 0.1) is 0 Å². The third-order valence-corrected chi connectivity index (χ3v) is 10.9. The molecule has 0 rings (SSSR count). The molecule has 0 aliphatic heterocycles. The van der Waals surface area contributed by atoms with Crippen LogP contribution < -0.4 is 0 Å². The standard InChI is InChI=1S/C49H89O9P/c1-3-5-7-9-11-13-15-17-19-20-21-22-23-24-25-26-27-28-30-32-34-36-38-40-42-55-45-48(46-57-59(53,54)56-44-47(51)43-50)58-49(52)41-39-37-35-33-31-29-18-16-14-12-10-8-6-4-2/h10,12,15-18,20-21,23-24,47-48,50-51H,3-9,11,13-14,19,22,25-46H2,1-2H3,(H,53,54)/b12-10-,17-15-,18-16-,21-20-,24-23-. The largest absolute Gasteiger partial charge is 0.472 e. The summed E-state index contributed by atoms with van der Waals surface area (Å²) in [4.78, 5) is 22.6. The molecular formula is C49H89O9P. The molecule has 0 spiro atoms. The smallest absolute Gasteiger partial charge is 0.457 e. The van der Waals surface area contributed by atoms with Gasteiger partial charge < -0.3 is 24.6 Å². The first-order valence-electron chi connectivity index (χ1n) is 23.8. The zero-order chi connectivity index (χ0) is 43.2. The first-order valence-corrected chi connectivity index (χ1v) is 25.3. The number of phosphoric ester groups is 1. The Kier molecular flexibility index (Phi) is 44.3. The normalized spacial score (nSPS) is 14.5. The lowest BCUT2D eigenvalue weighted by Gasteiger charge is -2.20. The number of allylic oxidation sites excluding steroid dienone is 10. The fraction of sp³-hybridized carbons (Fsp3) is 0.776. The third kappa shape index (κ3) is 45.5. The molecule has 0 aromatic heterocycles. The number of rotatable bonds is 45. The highest BCUT2D eigenvalue weighted by Crippen LogP contribution is 2.43. The van der Waals surface area contributed by atoms with Crippen molar-refractivity contribution in [3.63, 3.8) is 0 Å². The first kappa shape index (κ1) is 57.2. The number of esters is 1. The molecule has 3 atom stereocenters.